The van der Waals surface area contributed by atoms with Crippen molar-refractivity contribution in [2.24, 2.45) is 4.99 Å². The van der Waals surface area contributed by atoms with E-state index in [1.165, 1.54) is 4.90 Å². The van der Waals surface area contributed by atoms with Gasteiger partial charge in [0.25, 0.3) is 11.8 Å². The van der Waals surface area contributed by atoms with Crippen LogP contribution in [0.1, 0.15) is 47.9 Å². The number of imide groups is 1. The Kier molecular flexibility index (Phi) is 5.73. The van der Waals surface area contributed by atoms with E-state index in [2.05, 4.69) is 29.5 Å². The Labute approximate surface area is 137 Å². The summed E-state index contributed by atoms with van der Waals surface area (Å²) in [6, 6.07) is 7.23. The molecule has 0 radical (unpaired) electrons. The van der Waals surface area contributed by atoms with E-state index in [9.17, 15) is 9.59 Å². The molecule has 23 heavy (non-hydrogen) atoms. The van der Waals surface area contributed by atoms with Crippen molar-refractivity contribution in [3.05, 3.63) is 35.4 Å². The molecule has 1 heterocycles. The summed E-state index contributed by atoms with van der Waals surface area (Å²) in [4.78, 5) is 30.2. The molecule has 0 saturated carbocycles. The Balaban J connectivity index is 1.99. The predicted octanol–water partition coefficient (Wildman–Crippen LogP) is 1.64. The molecule has 6 heteroatoms. The van der Waals surface area contributed by atoms with Gasteiger partial charge in [0, 0.05) is 19.1 Å². The zero-order chi connectivity index (χ0) is 16.8. The third-order valence-corrected chi connectivity index (χ3v) is 3.81. The second-order valence-electron chi connectivity index (χ2n) is 5.52. The van der Waals surface area contributed by atoms with Gasteiger partial charge in [-0.05, 0) is 32.4 Å². The van der Waals surface area contributed by atoms with E-state index in [0.717, 1.165) is 13.0 Å². The van der Waals surface area contributed by atoms with Crippen LogP contribution in [0, 0.1) is 0 Å². The fourth-order valence-electron chi connectivity index (χ4n) is 2.36. The van der Waals surface area contributed by atoms with Crippen LogP contribution in [0.15, 0.2) is 29.3 Å². The summed E-state index contributed by atoms with van der Waals surface area (Å²) in [5.74, 6) is 0.236. The molecule has 0 fully saturated rings. The van der Waals surface area contributed by atoms with E-state index in [-0.39, 0.29) is 18.4 Å². The third kappa shape index (κ3) is 3.88. The summed E-state index contributed by atoms with van der Waals surface area (Å²) >= 11 is 0. The highest BCUT2D eigenvalue weighted by Gasteiger charge is 2.34. The summed E-state index contributed by atoms with van der Waals surface area (Å²) in [5.41, 5.74) is 0.956. The van der Waals surface area contributed by atoms with E-state index in [1.54, 1.807) is 24.3 Å². The lowest BCUT2D eigenvalue weighted by Crippen LogP contribution is -2.42. The molecule has 1 aliphatic heterocycles. The average molecular weight is 316 g/mol. The van der Waals surface area contributed by atoms with Crippen LogP contribution < -0.4 is 10.6 Å². The van der Waals surface area contributed by atoms with Crippen LogP contribution >= 0.6 is 0 Å². The van der Waals surface area contributed by atoms with Crippen LogP contribution in [0.5, 0.6) is 0 Å². The van der Waals surface area contributed by atoms with Gasteiger partial charge in [-0.15, -0.1) is 0 Å². The van der Waals surface area contributed by atoms with Gasteiger partial charge in [0.05, 0.1) is 17.7 Å². The van der Waals surface area contributed by atoms with Crippen LogP contribution in [0.2, 0.25) is 0 Å². The smallest absolute Gasteiger partial charge is 0.261 e. The number of hydrogen-bond donors (Lipinski definition) is 2. The van der Waals surface area contributed by atoms with Crippen molar-refractivity contribution in [3.8, 4) is 0 Å². The van der Waals surface area contributed by atoms with E-state index in [4.69, 9.17) is 0 Å². The molecular weight excluding hydrogens is 292 g/mol. The van der Waals surface area contributed by atoms with Crippen LogP contribution in [-0.2, 0) is 0 Å². The molecule has 1 atom stereocenters. The minimum absolute atomic E-state index is 0.235. The van der Waals surface area contributed by atoms with Gasteiger partial charge in [0.1, 0.15) is 0 Å². The fourth-order valence-corrected chi connectivity index (χ4v) is 2.36. The molecular formula is C17H24N4O2. The maximum absolute atomic E-state index is 12.3. The molecule has 0 saturated heterocycles. The maximum atomic E-state index is 12.3. The number of nitrogens with one attached hydrogen (secondary N) is 2. The van der Waals surface area contributed by atoms with Gasteiger partial charge >= 0.3 is 0 Å². The number of amides is 2. The minimum Gasteiger partial charge on any atom is -0.357 e. The number of guanidine groups is 1. The lowest BCUT2D eigenvalue weighted by atomic mass is 10.1. The van der Waals surface area contributed by atoms with Crippen molar-refractivity contribution < 1.29 is 9.59 Å². The molecule has 124 valence electrons. The lowest BCUT2D eigenvalue weighted by molar-refractivity contribution is 0.0659. The number of rotatable bonds is 6. The van der Waals surface area contributed by atoms with Crippen LogP contribution in [0.25, 0.3) is 0 Å². The molecule has 1 aromatic carbocycles. The first-order valence-electron chi connectivity index (χ1n) is 8.08. The number of aliphatic imine (C=N–C) groups is 1. The molecule has 2 rings (SSSR count). The van der Waals surface area contributed by atoms with Crippen LogP contribution in [0.3, 0.4) is 0 Å². The standard InChI is InChI=1S/C17H24N4O2/c1-4-12(3)20-17(18-5-2)19-10-11-21-15(22)13-8-6-7-9-14(13)16(21)23/h6-9,12H,4-5,10-11H2,1-3H3,(H2,18,19,20). The monoisotopic (exact) mass is 316 g/mol. The lowest BCUT2D eigenvalue weighted by Gasteiger charge is -2.17. The van der Waals surface area contributed by atoms with Crippen molar-refractivity contribution in [1.82, 2.24) is 15.5 Å². The van der Waals surface area contributed by atoms with Gasteiger partial charge in [-0.2, -0.15) is 0 Å². The largest absolute Gasteiger partial charge is 0.357 e. The summed E-state index contributed by atoms with van der Waals surface area (Å²) in [6.07, 6.45) is 0.989. The molecule has 1 aliphatic rings. The number of fused-ring (bicyclic) bond motifs is 1. The van der Waals surface area contributed by atoms with Crippen molar-refractivity contribution in [1.29, 1.82) is 0 Å². The highest BCUT2D eigenvalue weighted by molar-refractivity contribution is 6.21. The number of hydrogen-bond acceptors (Lipinski definition) is 3. The Morgan fingerprint density at radius 2 is 1.78 bits per heavy atom. The van der Waals surface area contributed by atoms with E-state index in [0.29, 0.717) is 29.7 Å². The summed E-state index contributed by atoms with van der Waals surface area (Å²) in [5, 5.41) is 6.45. The summed E-state index contributed by atoms with van der Waals surface area (Å²) < 4.78 is 0. The van der Waals surface area contributed by atoms with Gasteiger partial charge in [0.15, 0.2) is 5.96 Å². The van der Waals surface area contributed by atoms with Gasteiger partial charge in [0.2, 0.25) is 0 Å². The van der Waals surface area contributed by atoms with E-state index < -0.39 is 0 Å². The second-order valence-corrected chi connectivity index (χ2v) is 5.52. The molecule has 6 nitrogen and oxygen atoms in total. The van der Waals surface area contributed by atoms with Crippen molar-refractivity contribution in [2.45, 2.75) is 33.2 Å². The topological polar surface area (TPSA) is 73.8 Å². The Hall–Kier alpha value is -2.37. The zero-order valence-corrected chi connectivity index (χ0v) is 13.9. The van der Waals surface area contributed by atoms with E-state index >= 15 is 0 Å². The predicted molar refractivity (Wildman–Crippen MR) is 90.7 cm³/mol. The Morgan fingerprint density at radius 1 is 1.17 bits per heavy atom. The number of carbonyl (C=O) groups is 2. The fraction of sp³-hybridized carbons (Fsp3) is 0.471. The molecule has 2 amide bonds. The van der Waals surface area contributed by atoms with E-state index in [1.807, 2.05) is 6.92 Å². The number of carbonyl (C=O) groups excluding carboxylic acids is 2. The quantitative estimate of drug-likeness (QED) is 0.475. The van der Waals surface area contributed by atoms with Gasteiger partial charge < -0.3 is 10.6 Å². The Morgan fingerprint density at radius 3 is 2.30 bits per heavy atom. The molecule has 0 bridgehead atoms. The molecule has 0 aliphatic carbocycles. The highest BCUT2D eigenvalue weighted by Crippen LogP contribution is 2.21. The van der Waals surface area contributed by atoms with Crippen molar-refractivity contribution in [3.63, 3.8) is 0 Å². The Bertz CT molecular complexity index is 577. The normalized spacial score (nSPS) is 15.6. The molecule has 1 unspecified atom stereocenters. The summed E-state index contributed by atoms with van der Waals surface area (Å²) in [7, 11) is 0. The number of nitrogens with zero attached hydrogens (tertiary/aromatic N) is 2. The highest BCUT2D eigenvalue weighted by atomic mass is 16.2. The average Bonchev–Trinajstić information content (AvgIpc) is 2.80. The maximum Gasteiger partial charge on any atom is 0.261 e. The molecule has 2 N–H and O–H groups in total. The van der Waals surface area contributed by atoms with Gasteiger partial charge in [-0.1, -0.05) is 19.1 Å². The van der Waals surface area contributed by atoms with Crippen molar-refractivity contribution >= 4 is 17.8 Å². The first kappa shape index (κ1) is 17.0. The first-order valence-corrected chi connectivity index (χ1v) is 8.08. The van der Waals surface area contributed by atoms with Crippen molar-refractivity contribution in [2.75, 3.05) is 19.6 Å². The first-order chi connectivity index (χ1) is 11.1. The van der Waals surface area contributed by atoms with Gasteiger partial charge in [-0.3, -0.25) is 19.5 Å². The summed E-state index contributed by atoms with van der Waals surface area (Å²) in [6.45, 7) is 7.59. The molecule has 0 spiro atoms. The zero-order valence-electron chi connectivity index (χ0n) is 13.9. The van der Waals surface area contributed by atoms with Crippen LogP contribution in [0.4, 0.5) is 0 Å². The minimum atomic E-state index is -0.235. The van der Waals surface area contributed by atoms with Crippen LogP contribution in [-0.4, -0.2) is 48.3 Å². The van der Waals surface area contributed by atoms with Gasteiger partial charge in [-0.25, -0.2) is 0 Å². The number of benzene rings is 1. The second kappa shape index (κ2) is 7.76. The molecule has 1 aromatic rings. The third-order valence-electron chi connectivity index (χ3n) is 3.81. The SMILES string of the molecule is CCNC(=NCCN1C(=O)c2ccccc2C1=O)NC(C)CC. The molecule has 0 aromatic heterocycles.